The number of hydrogen-bond acceptors (Lipinski definition) is 5. The first kappa shape index (κ1) is 17.7. The zero-order chi connectivity index (χ0) is 18.4. The van der Waals surface area contributed by atoms with E-state index in [4.69, 9.17) is 4.74 Å². The summed E-state index contributed by atoms with van der Waals surface area (Å²) in [5, 5.41) is 6.66. The second-order valence-corrected chi connectivity index (χ2v) is 6.43. The van der Waals surface area contributed by atoms with Crippen molar-refractivity contribution in [1.82, 2.24) is 9.97 Å². The molecule has 2 N–H and O–H groups in total. The summed E-state index contributed by atoms with van der Waals surface area (Å²) in [7, 11) is 1.66. The number of hydrogen-bond donors (Lipinski definition) is 2. The summed E-state index contributed by atoms with van der Waals surface area (Å²) in [4.78, 5) is 9.28. The molecule has 0 bridgehead atoms. The van der Waals surface area contributed by atoms with Crippen LogP contribution in [-0.2, 0) is 0 Å². The van der Waals surface area contributed by atoms with Crippen LogP contribution < -0.4 is 15.4 Å². The summed E-state index contributed by atoms with van der Waals surface area (Å²) in [5.74, 6) is 2.60. The lowest BCUT2D eigenvalue weighted by atomic mass is 10.1. The lowest BCUT2D eigenvalue weighted by molar-refractivity contribution is 0.417. The Balaban J connectivity index is 1.96. The van der Waals surface area contributed by atoms with Crippen molar-refractivity contribution in [1.29, 1.82) is 0 Å². The van der Waals surface area contributed by atoms with Gasteiger partial charge in [-0.2, -0.15) is 4.98 Å². The second kappa shape index (κ2) is 8.34. The zero-order valence-corrected chi connectivity index (χ0v) is 15.4. The molecule has 0 aliphatic heterocycles. The topological polar surface area (TPSA) is 59.1 Å². The molecular weight excluding hydrogens is 324 g/mol. The van der Waals surface area contributed by atoms with Gasteiger partial charge in [0.15, 0.2) is 0 Å². The number of nitrogens with one attached hydrogen (secondary N) is 2. The van der Waals surface area contributed by atoms with Crippen LogP contribution in [0.15, 0.2) is 60.7 Å². The molecule has 0 fully saturated rings. The van der Waals surface area contributed by atoms with E-state index >= 15 is 0 Å². The van der Waals surface area contributed by atoms with Crippen LogP contribution in [0, 0.1) is 5.92 Å². The van der Waals surface area contributed by atoms with Crippen molar-refractivity contribution in [3.63, 3.8) is 0 Å². The van der Waals surface area contributed by atoms with Crippen molar-refractivity contribution in [3.05, 3.63) is 60.7 Å². The second-order valence-electron chi connectivity index (χ2n) is 6.43. The van der Waals surface area contributed by atoms with Crippen molar-refractivity contribution in [2.24, 2.45) is 5.92 Å². The first-order valence-corrected chi connectivity index (χ1v) is 8.74. The first-order valence-electron chi connectivity index (χ1n) is 8.74. The van der Waals surface area contributed by atoms with E-state index in [9.17, 15) is 0 Å². The molecule has 3 rings (SSSR count). The van der Waals surface area contributed by atoms with Gasteiger partial charge in [0.05, 0.1) is 18.5 Å². The standard InChI is InChI=1S/C21H24N4O/c1-15(2)14-22-21-24-18(16-9-5-4-6-10-16)13-20(25-21)23-17-11-7-8-12-19(17)26-3/h4-13,15H,14H2,1-3H3,(H2,22,23,24,25). The fraction of sp³-hybridized carbons (Fsp3) is 0.238. The molecule has 0 saturated heterocycles. The molecule has 134 valence electrons. The Morgan fingerprint density at radius 1 is 0.962 bits per heavy atom. The largest absolute Gasteiger partial charge is 0.495 e. The van der Waals surface area contributed by atoms with E-state index in [-0.39, 0.29) is 0 Å². The van der Waals surface area contributed by atoms with Crippen LogP contribution in [0.1, 0.15) is 13.8 Å². The number of nitrogens with zero attached hydrogens (tertiary/aromatic N) is 2. The van der Waals surface area contributed by atoms with Gasteiger partial charge in [0.2, 0.25) is 5.95 Å². The van der Waals surface area contributed by atoms with Crippen molar-refractivity contribution in [2.75, 3.05) is 24.3 Å². The fourth-order valence-corrected chi connectivity index (χ4v) is 2.53. The lowest BCUT2D eigenvalue weighted by Crippen LogP contribution is -2.11. The van der Waals surface area contributed by atoms with E-state index < -0.39 is 0 Å². The summed E-state index contributed by atoms with van der Waals surface area (Å²) < 4.78 is 5.42. The van der Waals surface area contributed by atoms with Crippen molar-refractivity contribution < 1.29 is 4.74 Å². The highest BCUT2D eigenvalue weighted by Crippen LogP contribution is 2.28. The molecule has 0 aliphatic rings. The number of rotatable bonds is 7. The third kappa shape index (κ3) is 4.51. The third-order valence-corrected chi connectivity index (χ3v) is 3.83. The van der Waals surface area contributed by atoms with E-state index in [0.717, 1.165) is 35.1 Å². The first-order chi connectivity index (χ1) is 12.7. The molecule has 5 heteroatoms. The van der Waals surface area contributed by atoms with Gasteiger partial charge in [0.1, 0.15) is 11.6 Å². The molecule has 0 saturated carbocycles. The van der Waals surface area contributed by atoms with Gasteiger partial charge in [-0.25, -0.2) is 4.98 Å². The molecule has 0 aliphatic carbocycles. The van der Waals surface area contributed by atoms with Gasteiger partial charge in [0.25, 0.3) is 0 Å². The van der Waals surface area contributed by atoms with Crippen LogP contribution in [-0.4, -0.2) is 23.6 Å². The highest BCUT2D eigenvalue weighted by molar-refractivity contribution is 5.69. The van der Waals surface area contributed by atoms with Crippen LogP contribution in [0.4, 0.5) is 17.5 Å². The monoisotopic (exact) mass is 348 g/mol. The summed E-state index contributed by atoms with van der Waals surface area (Å²) >= 11 is 0. The molecule has 0 atom stereocenters. The number of para-hydroxylation sites is 2. The highest BCUT2D eigenvalue weighted by atomic mass is 16.5. The Labute approximate surface area is 154 Å². The normalized spacial score (nSPS) is 10.6. The average Bonchev–Trinajstić information content (AvgIpc) is 2.67. The van der Waals surface area contributed by atoms with Crippen LogP contribution in [0.25, 0.3) is 11.3 Å². The Kier molecular flexibility index (Phi) is 5.69. The van der Waals surface area contributed by atoms with Gasteiger partial charge >= 0.3 is 0 Å². The van der Waals surface area contributed by atoms with E-state index in [1.54, 1.807) is 7.11 Å². The number of aromatic nitrogens is 2. The van der Waals surface area contributed by atoms with Crippen LogP contribution in [0.3, 0.4) is 0 Å². The molecule has 1 heterocycles. The molecule has 1 aromatic heterocycles. The minimum absolute atomic E-state index is 0.504. The molecule has 2 aromatic carbocycles. The molecule has 0 amide bonds. The molecule has 5 nitrogen and oxygen atoms in total. The Bertz CT molecular complexity index is 850. The summed E-state index contributed by atoms with van der Waals surface area (Å²) in [5.41, 5.74) is 2.78. The van der Waals surface area contributed by atoms with Crippen LogP contribution >= 0.6 is 0 Å². The Morgan fingerprint density at radius 2 is 1.69 bits per heavy atom. The van der Waals surface area contributed by atoms with Crippen molar-refractivity contribution >= 4 is 17.5 Å². The maximum Gasteiger partial charge on any atom is 0.225 e. The lowest BCUT2D eigenvalue weighted by Gasteiger charge is -2.14. The quantitative estimate of drug-likeness (QED) is 0.632. The predicted octanol–water partition coefficient (Wildman–Crippen LogP) is 4.96. The van der Waals surface area contributed by atoms with Gasteiger partial charge in [0, 0.05) is 18.2 Å². The smallest absolute Gasteiger partial charge is 0.225 e. The summed E-state index contributed by atoms with van der Waals surface area (Å²) in [6, 6.07) is 19.8. The third-order valence-electron chi connectivity index (χ3n) is 3.83. The molecular formula is C21H24N4O. The fourth-order valence-electron chi connectivity index (χ4n) is 2.53. The molecule has 0 radical (unpaired) electrons. The Morgan fingerprint density at radius 3 is 2.42 bits per heavy atom. The summed E-state index contributed by atoms with van der Waals surface area (Å²) in [6.45, 7) is 5.12. The molecule has 0 spiro atoms. The van der Waals surface area contributed by atoms with Crippen LogP contribution in [0.5, 0.6) is 5.75 Å². The average molecular weight is 348 g/mol. The maximum atomic E-state index is 5.42. The van der Waals surface area contributed by atoms with E-state index in [1.807, 2.05) is 60.7 Å². The van der Waals surface area contributed by atoms with Gasteiger partial charge in [-0.05, 0) is 18.1 Å². The number of anilines is 3. The predicted molar refractivity (Wildman–Crippen MR) is 107 cm³/mol. The van der Waals surface area contributed by atoms with Crippen LogP contribution in [0.2, 0.25) is 0 Å². The Hall–Kier alpha value is -3.08. The molecule has 3 aromatic rings. The van der Waals surface area contributed by atoms with Gasteiger partial charge < -0.3 is 15.4 Å². The molecule has 0 unspecified atom stereocenters. The van der Waals surface area contributed by atoms with E-state index in [0.29, 0.717) is 11.9 Å². The number of ether oxygens (including phenoxy) is 1. The van der Waals surface area contributed by atoms with E-state index in [1.165, 1.54) is 0 Å². The van der Waals surface area contributed by atoms with Gasteiger partial charge in [-0.15, -0.1) is 0 Å². The minimum Gasteiger partial charge on any atom is -0.495 e. The maximum absolute atomic E-state index is 5.42. The SMILES string of the molecule is COc1ccccc1Nc1cc(-c2ccccc2)nc(NCC(C)C)n1. The number of benzene rings is 2. The zero-order valence-electron chi connectivity index (χ0n) is 15.4. The number of methoxy groups -OCH3 is 1. The van der Waals surface area contributed by atoms with Crippen molar-refractivity contribution in [2.45, 2.75) is 13.8 Å². The van der Waals surface area contributed by atoms with E-state index in [2.05, 4.69) is 34.4 Å². The van der Waals surface area contributed by atoms with Crippen molar-refractivity contribution in [3.8, 4) is 17.0 Å². The van der Waals surface area contributed by atoms with Gasteiger partial charge in [-0.1, -0.05) is 56.3 Å². The minimum atomic E-state index is 0.504. The highest BCUT2D eigenvalue weighted by Gasteiger charge is 2.09. The summed E-state index contributed by atoms with van der Waals surface area (Å²) in [6.07, 6.45) is 0. The molecule has 26 heavy (non-hydrogen) atoms. The van der Waals surface area contributed by atoms with Gasteiger partial charge in [-0.3, -0.25) is 0 Å².